The number of anilines is 1. The van der Waals surface area contributed by atoms with E-state index in [0.29, 0.717) is 18.0 Å². The van der Waals surface area contributed by atoms with Crippen molar-refractivity contribution in [2.75, 3.05) is 31.5 Å². The van der Waals surface area contributed by atoms with Crippen LogP contribution in [0.15, 0.2) is 29.2 Å². The summed E-state index contributed by atoms with van der Waals surface area (Å²) < 4.78 is 26.2. The van der Waals surface area contributed by atoms with Gasteiger partial charge in [0, 0.05) is 30.5 Å². The summed E-state index contributed by atoms with van der Waals surface area (Å²) in [6.45, 7) is 4.53. The number of carbonyl (C=O) groups is 3. The number of fused-ring (bicyclic) bond motifs is 1. The van der Waals surface area contributed by atoms with Crippen LogP contribution in [-0.4, -0.2) is 61.5 Å². The Bertz CT molecular complexity index is 1370. The zero-order chi connectivity index (χ0) is 27.2. The zero-order valence-corrected chi connectivity index (χ0v) is 21.8. The number of hydrogen-bond donors (Lipinski definition) is 3. The van der Waals surface area contributed by atoms with Gasteiger partial charge in [0.05, 0.1) is 22.6 Å². The third-order valence-corrected chi connectivity index (χ3v) is 8.58. The van der Waals surface area contributed by atoms with Crippen molar-refractivity contribution in [1.82, 2.24) is 20.1 Å². The molecule has 1 aromatic carbocycles. The minimum atomic E-state index is -4.10. The number of nitriles is 2. The molecule has 12 nitrogen and oxygen atoms in total. The maximum atomic E-state index is 13.0. The maximum Gasteiger partial charge on any atom is 0.272 e. The van der Waals surface area contributed by atoms with Crippen molar-refractivity contribution in [3.63, 3.8) is 0 Å². The fraction of sp³-hybridized carbons (Fsp3) is 0.348. The fourth-order valence-corrected chi connectivity index (χ4v) is 6.26. The van der Waals surface area contributed by atoms with Gasteiger partial charge in [0.2, 0.25) is 15.9 Å². The molecule has 37 heavy (non-hydrogen) atoms. The van der Waals surface area contributed by atoms with Crippen LogP contribution in [0.3, 0.4) is 0 Å². The largest absolute Gasteiger partial charge is 0.313 e. The Morgan fingerprint density at radius 1 is 1.08 bits per heavy atom. The molecule has 0 bridgehead atoms. The third kappa shape index (κ3) is 6.31. The number of carbonyl (C=O) groups excluding carboxylic acids is 3. The van der Waals surface area contributed by atoms with Gasteiger partial charge in [0.25, 0.3) is 11.8 Å². The number of sulfonamides is 1. The van der Waals surface area contributed by atoms with Crippen molar-refractivity contribution in [2.45, 2.75) is 31.7 Å². The Morgan fingerprint density at radius 3 is 2.30 bits per heavy atom. The molecule has 2 heterocycles. The average Bonchev–Trinajstić information content (AvgIpc) is 3.23. The highest BCUT2D eigenvalue weighted by Gasteiger charge is 2.29. The molecule has 194 valence electrons. The Balaban J connectivity index is 1.87. The lowest BCUT2D eigenvalue weighted by molar-refractivity contribution is -0.119. The SMILES string of the molecule is CCN1CCc2c(sc(NC(=O)c3ccc(S(=O)(=O)N(CC#N)CC#N)cc3)c2C(=O)NNC(C)=O)C1. The number of nitrogens with one attached hydrogen (secondary N) is 3. The predicted octanol–water partition coefficient (Wildman–Crippen LogP) is 1.20. The van der Waals surface area contributed by atoms with Crippen LogP contribution in [0.25, 0.3) is 0 Å². The van der Waals surface area contributed by atoms with Gasteiger partial charge in [-0.2, -0.15) is 14.8 Å². The summed E-state index contributed by atoms with van der Waals surface area (Å²) in [5.74, 6) is -1.56. The molecule has 0 radical (unpaired) electrons. The highest BCUT2D eigenvalue weighted by molar-refractivity contribution is 7.89. The van der Waals surface area contributed by atoms with Crippen LogP contribution in [0, 0.1) is 22.7 Å². The van der Waals surface area contributed by atoms with E-state index < -0.39 is 40.8 Å². The van der Waals surface area contributed by atoms with Gasteiger partial charge in [-0.25, -0.2) is 8.42 Å². The van der Waals surface area contributed by atoms with E-state index in [9.17, 15) is 22.8 Å². The van der Waals surface area contributed by atoms with Crippen LogP contribution in [0.5, 0.6) is 0 Å². The van der Waals surface area contributed by atoms with E-state index in [0.717, 1.165) is 27.8 Å². The number of nitrogens with zero attached hydrogens (tertiary/aromatic N) is 4. The van der Waals surface area contributed by atoms with Crippen LogP contribution in [-0.2, 0) is 27.8 Å². The van der Waals surface area contributed by atoms with Crippen LogP contribution in [0.2, 0.25) is 0 Å². The molecule has 1 aliphatic heterocycles. The molecule has 3 rings (SSSR count). The summed E-state index contributed by atoms with van der Waals surface area (Å²) in [5.41, 5.74) is 5.84. The third-order valence-electron chi connectivity index (χ3n) is 5.64. The number of rotatable bonds is 8. The van der Waals surface area contributed by atoms with E-state index in [1.807, 2.05) is 6.92 Å². The second-order valence-electron chi connectivity index (χ2n) is 8.03. The van der Waals surface area contributed by atoms with Crippen LogP contribution in [0.1, 0.15) is 45.0 Å². The summed E-state index contributed by atoms with van der Waals surface area (Å²) in [6, 6.07) is 8.48. The number of thiophene rings is 1. The molecular weight excluding hydrogens is 518 g/mol. The molecule has 0 spiro atoms. The van der Waals surface area contributed by atoms with E-state index in [1.165, 1.54) is 42.5 Å². The van der Waals surface area contributed by atoms with E-state index in [-0.39, 0.29) is 16.0 Å². The van der Waals surface area contributed by atoms with Crippen LogP contribution in [0.4, 0.5) is 5.00 Å². The first-order valence-electron chi connectivity index (χ1n) is 11.2. The van der Waals surface area contributed by atoms with Gasteiger partial charge in [0.1, 0.15) is 18.1 Å². The minimum Gasteiger partial charge on any atom is -0.313 e. The van der Waals surface area contributed by atoms with E-state index in [1.54, 1.807) is 12.1 Å². The Morgan fingerprint density at radius 2 is 1.73 bits per heavy atom. The number of benzene rings is 1. The normalized spacial score (nSPS) is 13.2. The van der Waals surface area contributed by atoms with Gasteiger partial charge in [-0.05, 0) is 42.8 Å². The van der Waals surface area contributed by atoms with Crippen LogP contribution >= 0.6 is 11.3 Å². The molecule has 1 aromatic heterocycles. The molecule has 0 saturated carbocycles. The van der Waals surface area contributed by atoms with Crippen molar-refractivity contribution in [3.8, 4) is 12.1 Å². The number of amides is 3. The molecule has 0 aliphatic carbocycles. The molecule has 0 fully saturated rings. The van der Waals surface area contributed by atoms with Crippen LogP contribution < -0.4 is 16.2 Å². The first-order chi connectivity index (χ1) is 17.6. The van der Waals surface area contributed by atoms with Gasteiger partial charge < -0.3 is 5.32 Å². The molecule has 0 atom stereocenters. The molecule has 1 aliphatic rings. The second kappa shape index (κ2) is 11.9. The molecule has 2 aromatic rings. The molecule has 14 heteroatoms. The summed E-state index contributed by atoms with van der Waals surface area (Å²) >= 11 is 1.28. The van der Waals surface area contributed by atoms with E-state index in [2.05, 4.69) is 21.1 Å². The lowest BCUT2D eigenvalue weighted by Gasteiger charge is -2.25. The summed E-state index contributed by atoms with van der Waals surface area (Å²) in [4.78, 5) is 40.2. The molecule has 0 saturated heterocycles. The quantitative estimate of drug-likeness (QED) is 0.329. The summed E-state index contributed by atoms with van der Waals surface area (Å²) in [7, 11) is -4.10. The van der Waals surface area contributed by atoms with Gasteiger partial charge in [0.15, 0.2) is 0 Å². The van der Waals surface area contributed by atoms with Crippen molar-refractivity contribution in [3.05, 3.63) is 45.8 Å². The lowest BCUT2D eigenvalue weighted by Crippen LogP contribution is -2.41. The van der Waals surface area contributed by atoms with E-state index >= 15 is 0 Å². The number of hydrazine groups is 1. The molecule has 3 amide bonds. The van der Waals surface area contributed by atoms with Crippen molar-refractivity contribution >= 4 is 44.1 Å². The maximum absolute atomic E-state index is 13.0. The highest BCUT2D eigenvalue weighted by atomic mass is 32.2. The number of hydrogen-bond acceptors (Lipinski definition) is 9. The first kappa shape index (κ1) is 27.8. The smallest absolute Gasteiger partial charge is 0.272 e. The molecule has 0 unspecified atom stereocenters. The van der Waals surface area contributed by atoms with Gasteiger partial charge in [-0.1, -0.05) is 6.92 Å². The molecular formula is C23H25N7O5S2. The minimum absolute atomic E-state index is 0.140. The first-order valence-corrected chi connectivity index (χ1v) is 13.5. The fourth-order valence-electron chi connectivity index (χ4n) is 3.75. The molecule has 3 N–H and O–H groups in total. The van der Waals surface area contributed by atoms with Gasteiger partial charge in [-0.3, -0.25) is 30.1 Å². The summed E-state index contributed by atoms with van der Waals surface area (Å²) in [6.07, 6.45) is 0.604. The Hall–Kier alpha value is -3.82. The zero-order valence-electron chi connectivity index (χ0n) is 20.2. The van der Waals surface area contributed by atoms with E-state index in [4.69, 9.17) is 10.5 Å². The predicted molar refractivity (Wildman–Crippen MR) is 135 cm³/mol. The Labute approximate surface area is 218 Å². The van der Waals surface area contributed by atoms with Crippen molar-refractivity contribution in [2.24, 2.45) is 0 Å². The average molecular weight is 544 g/mol. The standard InChI is InChI=1S/C23H25N7O5S2/c1-3-29-11-8-18-19(14-29)36-23(20(18)22(33)28-27-15(2)31)26-21(32)16-4-6-17(7-5-16)37(34,35)30(12-9-24)13-10-25/h4-7H,3,8,11-14H2,1-2H3,(H,26,32)(H,27,31)(H,28,33). The number of likely N-dealkylation sites (N-methyl/N-ethyl adjacent to an activating group) is 1. The topological polar surface area (TPSA) is 175 Å². The van der Waals surface area contributed by atoms with Gasteiger partial charge >= 0.3 is 0 Å². The highest BCUT2D eigenvalue weighted by Crippen LogP contribution is 2.37. The van der Waals surface area contributed by atoms with Crippen molar-refractivity contribution < 1.29 is 22.8 Å². The van der Waals surface area contributed by atoms with Gasteiger partial charge in [-0.15, -0.1) is 11.3 Å². The monoisotopic (exact) mass is 543 g/mol. The Kier molecular flexibility index (Phi) is 8.96. The second-order valence-corrected chi connectivity index (χ2v) is 11.1. The van der Waals surface area contributed by atoms with Crippen molar-refractivity contribution in [1.29, 1.82) is 10.5 Å². The lowest BCUT2D eigenvalue weighted by atomic mass is 10.0. The summed E-state index contributed by atoms with van der Waals surface area (Å²) in [5, 5.41) is 20.8.